The zero-order chi connectivity index (χ0) is 13.7. The molecule has 0 saturated heterocycles. The Balaban J connectivity index is 3.03. The van der Waals surface area contributed by atoms with Gasteiger partial charge in [-0.05, 0) is 18.6 Å². The molecule has 0 aliphatic heterocycles. The van der Waals surface area contributed by atoms with Gasteiger partial charge in [-0.2, -0.15) is 5.26 Å². The molecule has 0 heterocycles. The number of hydrogen-bond acceptors (Lipinski definition) is 3. The third-order valence-corrected chi connectivity index (χ3v) is 2.37. The van der Waals surface area contributed by atoms with Crippen molar-refractivity contribution in [3.8, 4) is 6.07 Å². The van der Waals surface area contributed by atoms with Crippen LogP contribution in [0.25, 0.3) is 0 Å². The maximum absolute atomic E-state index is 13.5. The van der Waals surface area contributed by atoms with Crippen LogP contribution in [0.3, 0.4) is 0 Å². The highest BCUT2D eigenvalue weighted by atomic mass is 19.1. The highest BCUT2D eigenvalue weighted by Crippen LogP contribution is 2.22. The van der Waals surface area contributed by atoms with Crippen molar-refractivity contribution >= 4 is 11.7 Å². The second-order valence-electron chi connectivity index (χ2n) is 3.75. The number of halogens is 2. The standard InChI is InChI=1S/C12H12F2N2O2/c1-2-3-10(12(17)18)16-11-8(13)4-7(6-15)5-9(11)14/h4-5,10,16H,2-3H2,1H3,(H,17,18). The average molecular weight is 254 g/mol. The SMILES string of the molecule is CCCC(Nc1c(F)cc(C#N)cc1F)C(=O)O. The fraction of sp³-hybridized carbons (Fsp3) is 0.333. The molecule has 0 bridgehead atoms. The summed E-state index contributed by atoms with van der Waals surface area (Å²) in [7, 11) is 0. The number of hydrogen-bond donors (Lipinski definition) is 2. The molecule has 0 fully saturated rings. The smallest absolute Gasteiger partial charge is 0.326 e. The van der Waals surface area contributed by atoms with Crippen LogP contribution in [0.5, 0.6) is 0 Å². The molecular weight excluding hydrogens is 242 g/mol. The highest BCUT2D eigenvalue weighted by Gasteiger charge is 2.20. The zero-order valence-corrected chi connectivity index (χ0v) is 9.70. The first-order chi connectivity index (χ1) is 8.49. The maximum atomic E-state index is 13.5. The summed E-state index contributed by atoms with van der Waals surface area (Å²) in [5.74, 6) is -3.14. The third kappa shape index (κ3) is 3.17. The van der Waals surface area contributed by atoms with E-state index in [0.717, 1.165) is 12.1 Å². The molecule has 1 unspecified atom stereocenters. The van der Waals surface area contributed by atoms with E-state index in [1.807, 2.05) is 0 Å². The van der Waals surface area contributed by atoms with Crippen molar-refractivity contribution in [2.45, 2.75) is 25.8 Å². The van der Waals surface area contributed by atoms with Crippen LogP contribution in [-0.4, -0.2) is 17.1 Å². The molecule has 1 atom stereocenters. The summed E-state index contributed by atoms with van der Waals surface area (Å²) < 4.78 is 27.0. The number of carboxylic acids is 1. The van der Waals surface area contributed by atoms with Crippen molar-refractivity contribution in [3.63, 3.8) is 0 Å². The third-order valence-electron chi connectivity index (χ3n) is 2.37. The van der Waals surface area contributed by atoms with Crippen LogP contribution in [0.4, 0.5) is 14.5 Å². The first-order valence-corrected chi connectivity index (χ1v) is 5.38. The van der Waals surface area contributed by atoms with Crippen LogP contribution < -0.4 is 5.32 Å². The summed E-state index contributed by atoms with van der Waals surface area (Å²) in [5, 5.41) is 19.7. The Hall–Kier alpha value is -2.16. The number of carboxylic acid groups (broad SMARTS) is 1. The van der Waals surface area contributed by atoms with Crippen molar-refractivity contribution in [2.24, 2.45) is 0 Å². The van der Waals surface area contributed by atoms with E-state index in [9.17, 15) is 13.6 Å². The predicted molar refractivity (Wildman–Crippen MR) is 61.0 cm³/mol. The molecule has 4 nitrogen and oxygen atoms in total. The Morgan fingerprint density at radius 1 is 1.50 bits per heavy atom. The number of aliphatic carboxylic acids is 1. The molecule has 96 valence electrons. The minimum atomic E-state index is -1.18. The van der Waals surface area contributed by atoms with Gasteiger partial charge in [-0.3, -0.25) is 0 Å². The van der Waals surface area contributed by atoms with E-state index < -0.39 is 29.3 Å². The molecule has 6 heteroatoms. The quantitative estimate of drug-likeness (QED) is 0.846. The van der Waals surface area contributed by atoms with Gasteiger partial charge in [-0.1, -0.05) is 13.3 Å². The Bertz CT molecular complexity index is 474. The molecule has 0 aliphatic rings. The maximum Gasteiger partial charge on any atom is 0.326 e. The minimum absolute atomic E-state index is 0.155. The van der Waals surface area contributed by atoms with Crippen molar-refractivity contribution in [1.82, 2.24) is 0 Å². The van der Waals surface area contributed by atoms with Gasteiger partial charge in [0.15, 0.2) is 11.6 Å². The largest absolute Gasteiger partial charge is 0.480 e. The van der Waals surface area contributed by atoms with Crippen LogP contribution in [0.15, 0.2) is 12.1 Å². The van der Waals surface area contributed by atoms with Crippen molar-refractivity contribution < 1.29 is 18.7 Å². The van der Waals surface area contributed by atoms with E-state index in [1.165, 1.54) is 0 Å². The number of benzene rings is 1. The topological polar surface area (TPSA) is 73.1 Å². The van der Waals surface area contributed by atoms with Gasteiger partial charge in [0.1, 0.15) is 11.7 Å². The van der Waals surface area contributed by atoms with Gasteiger partial charge in [-0.25, -0.2) is 13.6 Å². The molecule has 0 saturated carbocycles. The number of nitrogens with zero attached hydrogens (tertiary/aromatic N) is 1. The van der Waals surface area contributed by atoms with E-state index in [1.54, 1.807) is 13.0 Å². The lowest BCUT2D eigenvalue weighted by Crippen LogP contribution is -2.29. The lowest BCUT2D eigenvalue weighted by Gasteiger charge is -2.16. The number of rotatable bonds is 5. The van der Waals surface area contributed by atoms with Crippen LogP contribution in [0, 0.1) is 23.0 Å². The van der Waals surface area contributed by atoms with Crippen LogP contribution >= 0.6 is 0 Å². The highest BCUT2D eigenvalue weighted by molar-refractivity contribution is 5.77. The summed E-state index contributed by atoms with van der Waals surface area (Å²) in [6, 6.07) is 2.26. The zero-order valence-electron chi connectivity index (χ0n) is 9.70. The molecule has 1 rings (SSSR count). The van der Waals surface area contributed by atoms with Gasteiger partial charge in [-0.15, -0.1) is 0 Å². The lowest BCUT2D eigenvalue weighted by atomic mass is 10.1. The van der Waals surface area contributed by atoms with Crippen LogP contribution in [0.1, 0.15) is 25.3 Å². The molecule has 0 spiro atoms. The minimum Gasteiger partial charge on any atom is -0.480 e. The fourth-order valence-corrected chi connectivity index (χ4v) is 1.50. The summed E-state index contributed by atoms with van der Waals surface area (Å²) in [5.41, 5.74) is -0.673. The number of carbonyl (C=O) groups is 1. The second-order valence-corrected chi connectivity index (χ2v) is 3.75. The number of anilines is 1. The Kier molecular flexibility index (Phi) is 4.60. The fourth-order valence-electron chi connectivity index (χ4n) is 1.50. The monoisotopic (exact) mass is 254 g/mol. The summed E-state index contributed by atoms with van der Waals surface area (Å²) in [6.07, 6.45) is 0.803. The predicted octanol–water partition coefficient (Wildman–Crippen LogP) is 2.50. The molecule has 2 N–H and O–H groups in total. The van der Waals surface area contributed by atoms with Gasteiger partial charge < -0.3 is 10.4 Å². The van der Waals surface area contributed by atoms with Crippen molar-refractivity contribution in [2.75, 3.05) is 5.32 Å². The molecule has 1 aromatic carbocycles. The van der Waals surface area contributed by atoms with E-state index in [2.05, 4.69) is 5.32 Å². The molecule has 0 amide bonds. The number of nitriles is 1. The first-order valence-electron chi connectivity index (χ1n) is 5.38. The van der Waals surface area contributed by atoms with E-state index in [-0.39, 0.29) is 12.0 Å². The van der Waals surface area contributed by atoms with Gasteiger partial charge in [0.05, 0.1) is 11.6 Å². The summed E-state index contributed by atoms with van der Waals surface area (Å²) in [4.78, 5) is 10.9. The van der Waals surface area contributed by atoms with Gasteiger partial charge in [0.25, 0.3) is 0 Å². The van der Waals surface area contributed by atoms with Gasteiger partial charge in [0.2, 0.25) is 0 Å². The Morgan fingerprint density at radius 3 is 2.44 bits per heavy atom. The molecular formula is C12H12F2N2O2. The molecule has 0 radical (unpaired) electrons. The van der Waals surface area contributed by atoms with E-state index in [0.29, 0.717) is 6.42 Å². The lowest BCUT2D eigenvalue weighted by molar-refractivity contribution is -0.138. The number of nitrogens with one attached hydrogen (secondary N) is 1. The molecule has 1 aromatic rings. The average Bonchev–Trinajstić information content (AvgIpc) is 2.31. The summed E-state index contributed by atoms with van der Waals surface area (Å²) in [6.45, 7) is 1.77. The van der Waals surface area contributed by atoms with Crippen molar-refractivity contribution in [1.29, 1.82) is 5.26 Å². The van der Waals surface area contributed by atoms with Gasteiger partial charge in [0, 0.05) is 0 Å². The molecule has 18 heavy (non-hydrogen) atoms. The van der Waals surface area contributed by atoms with E-state index >= 15 is 0 Å². The van der Waals surface area contributed by atoms with E-state index in [4.69, 9.17) is 10.4 Å². The molecule has 0 aromatic heterocycles. The summed E-state index contributed by atoms with van der Waals surface area (Å²) >= 11 is 0. The Morgan fingerprint density at radius 2 is 2.06 bits per heavy atom. The van der Waals surface area contributed by atoms with Crippen molar-refractivity contribution in [3.05, 3.63) is 29.3 Å². The van der Waals surface area contributed by atoms with Crippen LogP contribution in [0.2, 0.25) is 0 Å². The van der Waals surface area contributed by atoms with Crippen LogP contribution in [-0.2, 0) is 4.79 Å². The Labute approximate surface area is 103 Å². The molecule has 0 aliphatic carbocycles. The second kappa shape index (κ2) is 5.96. The first kappa shape index (κ1) is 13.9. The van der Waals surface area contributed by atoms with Gasteiger partial charge >= 0.3 is 5.97 Å². The normalized spacial score (nSPS) is 11.7.